The third-order valence-electron chi connectivity index (χ3n) is 3.55. The van der Waals surface area contributed by atoms with Crippen molar-refractivity contribution in [1.29, 1.82) is 0 Å². The third kappa shape index (κ3) is 5.29. The number of nitrogens with one attached hydrogen (secondary N) is 2. The number of thioether (sulfide) groups is 1. The number of nitrogens with zero attached hydrogens (tertiary/aromatic N) is 4. The Balaban J connectivity index is 2.05. The van der Waals surface area contributed by atoms with Crippen LogP contribution in [0.1, 0.15) is 46.1 Å². The first kappa shape index (κ1) is 19.9. The normalized spacial score (nSPS) is 12.3. The van der Waals surface area contributed by atoms with Gasteiger partial charge < -0.3 is 5.32 Å². The van der Waals surface area contributed by atoms with Crippen LogP contribution in [0, 0.1) is 0 Å². The molecule has 2 aromatic rings. The van der Waals surface area contributed by atoms with Gasteiger partial charge in [-0.2, -0.15) is 4.68 Å². The fraction of sp³-hybridized carbons (Fsp3) is 0.471. The minimum atomic E-state index is -0.535. The molecule has 9 heteroatoms. The zero-order valence-electron chi connectivity index (χ0n) is 15.6. The van der Waals surface area contributed by atoms with Gasteiger partial charge in [0.2, 0.25) is 11.1 Å². The van der Waals surface area contributed by atoms with Crippen LogP contribution in [0.4, 0.5) is 4.79 Å². The van der Waals surface area contributed by atoms with Gasteiger partial charge in [0.25, 0.3) is 0 Å². The van der Waals surface area contributed by atoms with Gasteiger partial charge in [-0.05, 0) is 54.8 Å². The predicted octanol–water partition coefficient (Wildman–Crippen LogP) is 2.50. The van der Waals surface area contributed by atoms with E-state index in [0.29, 0.717) is 11.1 Å². The van der Waals surface area contributed by atoms with Crippen LogP contribution in [-0.2, 0) is 4.79 Å². The van der Waals surface area contributed by atoms with E-state index in [0.717, 1.165) is 5.69 Å². The molecule has 0 fully saturated rings. The molecule has 1 aromatic carbocycles. The number of carbonyl (C=O) groups is 2. The van der Waals surface area contributed by atoms with E-state index in [1.54, 1.807) is 11.6 Å². The molecule has 140 valence electrons. The SMILES string of the molecule is CC(C)NC(=O)NC(=O)[C@@H](C)Sc1nnnn1-c1ccc(C(C)C)cc1. The summed E-state index contributed by atoms with van der Waals surface area (Å²) in [5.41, 5.74) is 2.03. The van der Waals surface area contributed by atoms with E-state index in [-0.39, 0.29) is 6.04 Å². The molecule has 2 N–H and O–H groups in total. The van der Waals surface area contributed by atoms with Crippen molar-refractivity contribution in [2.45, 2.75) is 57.0 Å². The summed E-state index contributed by atoms with van der Waals surface area (Å²) in [4.78, 5) is 23.8. The zero-order valence-corrected chi connectivity index (χ0v) is 16.4. The Hall–Kier alpha value is -2.42. The monoisotopic (exact) mass is 376 g/mol. The summed E-state index contributed by atoms with van der Waals surface area (Å²) >= 11 is 1.19. The highest BCUT2D eigenvalue weighted by Gasteiger charge is 2.21. The van der Waals surface area contributed by atoms with Crippen molar-refractivity contribution in [1.82, 2.24) is 30.8 Å². The van der Waals surface area contributed by atoms with Crippen LogP contribution < -0.4 is 10.6 Å². The first-order valence-electron chi connectivity index (χ1n) is 8.44. The second-order valence-electron chi connectivity index (χ2n) is 6.50. The highest BCUT2D eigenvalue weighted by atomic mass is 32.2. The average molecular weight is 376 g/mol. The molecule has 0 spiro atoms. The molecule has 1 atom stereocenters. The lowest BCUT2D eigenvalue weighted by Crippen LogP contribution is -2.45. The van der Waals surface area contributed by atoms with E-state index >= 15 is 0 Å². The highest BCUT2D eigenvalue weighted by Crippen LogP contribution is 2.24. The van der Waals surface area contributed by atoms with Crippen molar-refractivity contribution in [2.75, 3.05) is 0 Å². The first-order chi connectivity index (χ1) is 12.3. The summed E-state index contributed by atoms with van der Waals surface area (Å²) < 4.78 is 1.58. The summed E-state index contributed by atoms with van der Waals surface area (Å²) in [5.74, 6) is 0.0327. The Kier molecular flexibility index (Phi) is 6.73. The predicted molar refractivity (Wildman–Crippen MR) is 100 cm³/mol. The number of imide groups is 1. The van der Waals surface area contributed by atoms with Gasteiger partial charge >= 0.3 is 6.03 Å². The van der Waals surface area contributed by atoms with Gasteiger partial charge in [-0.15, -0.1) is 5.10 Å². The first-order valence-corrected chi connectivity index (χ1v) is 9.32. The molecule has 26 heavy (non-hydrogen) atoms. The number of hydrogen-bond donors (Lipinski definition) is 2. The Morgan fingerprint density at radius 2 is 1.73 bits per heavy atom. The van der Waals surface area contributed by atoms with E-state index in [4.69, 9.17) is 0 Å². The number of benzene rings is 1. The number of aromatic nitrogens is 4. The second kappa shape index (κ2) is 8.79. The minimum Gasteiger partial charge on any atom is -0.336 e. The molecule has 8 nitrogen and oxygen atoms in total. The number of amides is 3. The Bertz CT molecular complexity index is 757. The summed E-state index contributed by atoms with van der Waals surface area (Å²) in [6, 6.07) is 7.38. The molecule has 3 amide bonds. The van der Waals surface area contributed by atoms with Gasteiger partial charge in [-0.25, -0.2) is 4.79 Å². The summed E-state index contributed by atoms with van der Waals surface area (Å²) in [6.07, 6.45) is 0. The molecule has 1 heterocycles. The molecule has 2 rings (SSSR count). The maximum Gasteiger partial charge on any atom is 0.321 e. The molecule has 0 saturated heterocycles. The van der Waals surface area contributed by atoms with Gasteiger partial charge in [-0.1, -0.05) is 37.7 Å². The number of carbonyl (C=O) groups excluding carboxylic acids is 2. The van der Waals surface area contributed by atoms with Crippen LogP contribution in [-0.4, -0.2) is 43.4 Å². The zero-order chi connectivity index (χ0) is 19.3. The van der Waals surface area contributed by atoms with Crippen LogP contribution >= 0.6 is 11.8 Å². The van der Waals surface area contributed by atoms with Gasteiger partial charge in [0.15, 0.2) is 0 Å². The number of rotatable bonds is 6. The number of hydrogen-bond acceptors (Lipinski definition) is 6. The van der Waals surface area contributed by atoms with Crippen molar-refractivity contribution >= 4 is 23.7 Å². The van der Waals surface area contributed by atoms with Gasteiger partial charge in [-0.3, -0.25) is 10.1 Å². The van der Waals surface area contributed by atoms with Gasteiger partial charge in [0.05, 0.1) is 10.9 Å². The average Bonchev–Trinajstić information content (AvgIpc) is 3.02. The molecule has 0 radical (unpaired) electrons. The van der Waals surface area contributed by atoms with E-state index in [1.807, 2.05) is 38.1 Å². The van der Waals surface area contributed by atoms with E-state index in [9.17, 15) is 9.59 Å². The lowest BCUT2D eigenvalue weighted by molar-refractivity contribution is -0.119. The van der Waals surface area contributed by atoms with Crippen molar-refractivity contribution in [3.05, 3.63) is 29.8 Å². The molecule has 1 aromatic heterocycles. The summed E-state index contributed by atoms with van der Waals surface area (Å²) in [5, 5.41) is 16.6. The molecular formula is C17H24N6O2S. The molecule has 0 unspecified atom stereocenters. The number of urea groups is 1. The Morgan fingerprint density at radius 1 is 1.08 bits per heavy atom. The Morgan fingerprint density at radius 3 is 2.31 bits per heavy atom. The fourth-order valence-corrected chi connectivity index (χ4v) is 2.95. The molecule has 0 aliphatic rings. The molecule has 0 aliphatic carbocycles. The van der Waals surface area contributed by atoms with Crippen molar-refractivity contribution < 1.29 is 9.59 Å². The smallest absolute Gasteiger partial charge is 0.321 e. The maximum atomic E-state index is 12.2. The quantitative estimate of drug-likeness (QED) is 0.751. The van der Waals surface area contributed by atoms with Crippen LogP contribution in [0.3, 0.4) is 0 Å². The molecule has 0 aliphatic heterocycles. The standard InChI is InChI=1S/C17H24N6O2S/c1-10(2)13-6-8-14(9-7-13)23-17(20-21-22-23)26-12(5)15(24)19-16(25)18-11(3)4/h6-12H,1-5H3,(H2,18,19,24,25)/t12-/m1/s1. The Labute approximate surface area is 157 Å². The molecular weight excluding hydrogens is 352 g/mol. The van der Waals surface area contributed by atoms with E-state index in [2.05, 4.69) is 40.0 Å². The lowest BCUT2D eigenvalue weighted by atomic mass is 10.0. The van der Waals surface area contributed by atoms with E-state index in [1.165, 1.54) is 17.3 Å². The third-order valence-corrected chi connectivity index (χ3v) is 4.59. The highest BCUT2D eigenvalue weighted by molar-refractivity contribution is 8.00. The topological polar surface area (TPSA) is 102 Å². The van der Waals surface area contributed by atoms with Crippen molar-refractivity contribution in [3.8, 4) is 5.69 Å². The molecule has 0 bridgehead atoms. The summed E-state index contributed by atoms with van der Waals surface area (Å²) in [7, 11) is 0. The van der Waals surface area contributed by atoms with E-state index < -0.39 is 17.2 Å². The minimum absolute atomic E-state index is 0.0492. The van der Waals surface area contributed by atoms with Crippen LogP contribution in [0.15, 0.2) is 29.4 Å². The largest absolute Gasteiger partial charge is 0.336 e. The second-order valence-corrected chi connectivity index (χ2v) is 7.80. The summed E-state index contributed by atoms with van der Waals surface area (Å²) in [6.45, 7) is 9.59. The van der Waals surface area contributed by atoms with Crippen LogP contribution in [0.25, 0.3) is 5.69 Å². The van der Waals surface area contributed by atoms with Crippen LogP contribution in [0.2, 0.25) is 0 Å². The number of tetrazole rings is 1. The fourth-order valence-electron chi connectivity index (χ4n) is 2.14. The molecule has 0 saturated carbocycles. The lowest BCUT2D eigenvalue weighted by Gasteiger charge is -2.13. The van der Waals surface area contributed by atoms with Gasteiger partial charge in [0, 0.05) is 6.04 Å². The van der Waals surface area contributed by atoms with Gasteiger partial charge in [0.1, 0.15) is 0 Å². The van der Waals surface area contributed by atoms with Crippen LogP contribution in [0.5, 0.6) is 0 Å². The van der Waals surface area contributed by atoms with Crippen molar-refractivity contribution in [3.63, 3.8) is 0 Å². The van der Waals surface area contributed by atoms with Crippen molar-refractivity contribution in [2.24, 2.45) is 0 Å². The maximum absolute atomic E-state index is 12.2.